The fraction of sp³-hybridized carbons (Fsp3) is 0.222. The van der Waals surface area contributed by atoms with E-state index >= 15 is 0 Å². The van der Waals surface area contributed by atoms with Gasteiger partial charge in [-0.3, -0.25) is 19.4 Å². The Labute approximate surface area is 222 Å². The summed E-state index contributed by atoms with van der Waals surface area (Å²) in [5.41, 5.74) is 1.30. The molecule has 36 heavy (non-hydrogen) atoms. The number of benzene rings is 3. The van der Waals surface area contributed by atoms with Crippen LogP contribution in [0.4, 0.5) is 10.1 Å². The third-order valence-corrected chi connectivity index (χ3v) is 9.69. The predicted octanol–water partition coefficient (Wildman–Crippen LogP) is 5.16. The summed E-state index contributed by atoms with van der Waals surface area (Å²) >= 11 is 13.2. The second-order valence-electron chi connectivity index (χ2n) is 9.32. The Balaban J connectivity index is 1.58. The number of likely N-dealkylation sites (N-methyl/N-ethyl adjacent to an activating group) is 1. The molecule has 3 heterocycles. The number of nitrogens with one attached hydrogen (secondary N) is 1. The standard InChI is InChI=1S/C27H21ClFN3O2S2/c1-31-15-21(17-7-9-18(28)10-8-17)27(26(31)20-13-19(29)11-12-22(20)30-23(26)33)24(34)32(25(35)36-27)14-16-5-3-2-4-6-16/h2-13,21H,14-15H2,1H3,(H,30,33). The van der Waals surface area contributed by atoms with E-state index in [-0.39, 0.29) is 18.4 Å². The van der Waals surface area contributed by atoms with Crippen LogP contribution in [0, 0.1) is 5.82 Å². The maximum absolute atomic E-state index is 14.6. The highest BCUT2D eigenvalue weighted by atomic mass is 35.5. The molecule has 2 amide bonds. The van der Waals surface area contributed by atoms with E-state index in [9.17, 15) is 14.0 Å². The number of nitrogens with zero attached hydrogens (tertiary/aromatic N) is 2. The normalized spacial score (nSPS) is 27.4. The Morgan fingerprint density at radius 1 is 1.11 bits per heavy atom. The molecule has 9 heteroatoms. The molecule has 0 radical (unpaired) electrons. The maximum Gasteiger partial charge on any atom is 0.251 e. The fourth-order valence-electron chi connectivity index (χ4n) is 5.99. The molecule has 3 aliphatic heterocycles. The van der Waals surface area contributed by atoms with Gasteiger partial charge in [-0.25, -0.2) is 4.39 Å². The molecule has 0 bridgehead atoms. The van der Waals surface area contributed by atoms with E-state index in [2.05, 4.69) is 5.32 Å². The minimum absolute atomic E-state index is 0.252. The molecule has 2 saturated heterocycles. The van der Waals surface area contributed by atoms with Crippen molar-refractivity contribution in [2.45, 2.75) is 22.7 Å². The number of rotatable bonds is 3. The first-order valence-electron chi connectivity index (χ1n) is 11.5. The van der Waals surface area contributed by atoms with Crippen LogP contribution in [0.2, 0.25) is 5.02 Å². The highest BCUT2D eigenvalue weighted by molar-refractivity contribution is 8.25. The van der Waals surface area contributed by atoms with Crippen molar-refractivity contribution < 1.29 is 14.0 Å². The van der Waals surface area contributed by atoms with Gasteiger partial charge in [-0.15, -0.1) is 0 Å². The highest BCUT2D eigenvalue weighted by Crippen LogP contribution is 2.66. The first-order valence-corrected chi connectivity index (χ1v) is 13.1. The zero-order chi connectivity index (χ0) is 25.2. The van der Waals surface area contributed by atoms with Crippen molar-refractivity contribution in [3.63, 3.8) is 0 Å². The van der Waals surface area contributed by atoms with E-state index in [4.69, 9.17) is 23.8 Å². The third-order valence-electron chi connectivity index (χ3n) is 7.49. The van der Waals surface area contributed by atoms with Crippen LogP contribution in [0.25, 0.3) is 0 Å². The number of likely N-dealkylation sites (tertiary alicyclic amines) is 1. The Bertz CT molecular complexity index is 1420. The van der Waals surface area contributed by atoms with Crippen molar-refractivity contribution in [1.82, 2.24) is 9.80 Å². The largest absolute Gasteiger partial charge is 0.324 e. The Morgan fingerprint density at radius 2 is 1.83 bits per heavy atom. The summed E-state index contributed by atoms with van der Waals surface area (Å²) in [6.45, 7) is 0.684. The van der Waals surface area contributed by atoms with Gasteiger partial charge < -0.3 is 5.32 Å². The number of anilines is 1. The molecule has 0 aromatic heterocycles. The van der Waals surface area contributed by atoms with Gasteiger partial charge in [0.2, 0.25) is 5.91 Å². The molecule has 3 unspecified atom stereocenters. The molecule has 0 saturated carbocycles. The second-order valence-corrected chi connectivity index (χ2v) is 11.6. The first-order chi connectivity index (χ1) is 17.3. The number of carbonyl (C=O) groups excluding carboxylic acids is 2. The van der Waals surface area contributed by atoms with Gasteiger partial charge in [-0.2, -0.15) is 0 Å². The number of thioether (sulfide) groups is 1. The van der Waals surface area contributed by atoms with Crippen LogP contribution < -0.4 is 5.32 Å². The minimum atomic E-state index is -1.45. The topological polar surface area (TPSA) is 52.7 Å². The van der Waals surface area contributed by atoms with Crippen LogP contribution in [-0.2, 0) is 21.7 Å². The van der Waals surface area contributed by atoms with Crippen LogP contribution in [0.15, 0.2) is 72.8 Å². The summed E-state index contributed by atoms with van der Waals surface area (Å²) in [6.07, 6.45) is 0. The van der Waals surface area contributed by atoms with Crippen molar-refractivity contribution in [2.24, 2.45) is 0 Å². The monoisotopic (exact) mass is 537 g/mol. The lowest BCUT2D eigenvalue weighted by molar-refractivity contribution is -0.138. The Hall–Kier alpha value is -2.78. The van der Waals surface area contributed by atoms with Gasteiger partial charge in [0.25, 0.3) is 5.91 Å². The van der Waals surface area contributed by atoms with Crippen molar-refractivity contribution in [3.8, 4) is 0 Å². The average Bonchev–Trinajstić information content (AvgIpc) is 3.40. The molecule has 1 N–H and O–H groups in total. The zero-order valence-electron chi connectivity index (χ0n) is 19.2. The molecule has 182 valence electrons. The summed E-state index contributed by atoms with van der Waals surface area (Å²) in [4.78, 5) is 32.1. The van der Waals surface area contributed by atoms with Crippen molar-refractivity contribution in [1.29, 1.82) is 0 Å². The Morgan fingerprint density at radius 3 is 2.56 bits per heavy atom. The van der Waals surface area contributed by atoms with E-state index in [1.165, 1.54) is 23.9 Å². The third kappa shape index (κ3) is 3.08. The van der Waals surface area contributed by atoms with E-state index in [1.807, 2.05) is 54.4 Å². The summed E-state index contributed by atoms with van der Waals surface area (Å²) in [7, 11) is 1.81. The predicted molar refractivity (Wildman–Crippen MR) is 143 cm³/mol. The van der Waals surface area contributed by atoms with E-state index in [0.717, 1.165) is 11.1 Å². The van der Waals surface area contributed by atoms with Crippen LogP contribution in [0.1, 0.15) is 22.6 Å². The highest BCUT2D eigenvalue weighted by Gasteiger charge is 2.77. The summed E-state index contributed by atoms with van der Waals surface area (Å²) in [5, 5.41) is 3.50. The second kappa shape index (κ2) is 8.38. The fourth-order valence-corrected chi connectivity index (χ4v) is 8.25. The van der Waals surface area contributed by atoms with Crippen molar-refractivity contribution in [3.05, 3.63) is 100 Å². The maximum atomic E-state index is 14.6. The summed E-state index contributed by atoms with van der Waals surface area (Å²) in [5.74, 6) is -1.48. The van der Waals surface area contributed by atoms with Crippen LogP contribution in [0.3, 0.4) is 0 Å². The number of fused-ring (bicyclic) bond motifs is 3. The number of thiocarbonyl (C=S) groups is 1. The minimum Gasteiger partial charge on any atom is -0.324 e. The summed E-state index contributed by atoms with van der Waals surface area (Å²) < 4.78 is 13.7. The lowest BCUT2D eigenvalue weighted by Gasteiger charge is -2.41. The molecule has 6 rings (SSSR count). The molecular weight excluding hydrogens is 517 g/mol. The number of amides is 2. The van der Waals surface area contributed by atoms with Gasteiger partial charge >= 0.3 is 0 Å². The van der Waals surface area contributed by atoms with Gasteiger partial charge in [0.05, 0.1) is 6.54 Å². The van der Waals surface area contributed by atoms with Gasteiger partial charge in [0.1, 0.15) is 14.9 Å². The smallest absolute Gasteiger partial charge is 0.251 e. The van der Waals surface area contributed by atoms with Crippen LogP contribution in [-0.4, -0.2) is 44.3 Å². The molecule has 3 aromatic rings. The van der Waals surface area contributed by atoms with E-state index < -0.39 is 22.0 Å². The number of halogens is 2. The van der Waals surface area contributed by atoms with Crippen molar-refractivity contribution in [2.75, 3.05) is 18.9 Å². The lowest BCUT2D eigenvalue weighted by Crippen LogP contribution is -2.61. The summed E-state index contributed by atoms with van der Waals surface area (Å²) in [6, 6.07) is 21.2. The van der Waals surface area contributed by atoms with Crippen LogP contribution in [0.5, 0.6) is 0 Å². The van der Waals surface area contributed by atoms with Gasteiger partial charge in [-0.1, -0.05) is 78.0 Å². The number of hydrogen-bond donors (Lipinski definition) is 1. The SMILES string of the molecule is CN1CC(c2ccc(Cl)cc2)C2(SC(=S)N(Cc3ccccc3)C2=O)C12C(=O)Nc1ccc(F)cc12. The zero-order valence-corrected chi connectivity index (χ0v) is 21.6. The first kappa shape index (κ1) is 23.6. The molecule has 3 aliphatic rings. The van der Waals surface area contributed by atoms with Gasteiger partial charge in [-0.05, 0) is 48.5 Å². The molecule has 5 nitrogen and oxygen atoms in total. The van der Waals surface area contributed by atoms with E-state index in [1.54, 1.807) is 23.1 Å². The number of carbonyl (C=O) groups is 2. The average molecular weight is 538 g/mol. The molecule has 2 spiro atoms. The molecule has 3 aromatic carbocycles. The van der Waals surface area contributed by atoms with Gasteiger partial charge in [0, 0.05) is 28.7 Å². The van der Waals surface area contributed by atoms with Crippen molar-refractivity contribution >= 4 is 57.4 Å². The Kier molecular flexibility index (Phi) is 5.50. The molecule has 3 atom stereocenters. The van der Waals surface area contributed by atoms with Crippen LogP contribution >= 0.6 is 35.6 Å². The molecular formula is C27H21ClFN3O2S2. The molecule has 0 aliphatic carbocycles. The molecule has 2 fully saturated rings. The van der Waals surface area contributed by atoms with Gasteiger partial charge in [0.15, 0.2) is 5.54 Å². The quantitative estimate of drug-likeness (QED) is 0.468. The van der Waals surface area contributed by atoms with E-state index in [0.29, 0.717) is 27.1 Å². The number of hydrogen-bond acceptors (Lipinski definition) is 5. The lowest BCUT2D eigenvalue weighted by atomic mass is 9.72.